The van der Waals surface area contributed by atoms with E-state index in [2.05, 4.69) is 0 Å². The van der Waals surface area contributed by atoms with Crippen molar-refractivity contribution in [3.8, 4) is 0 Å². The number of hydrogen-bond acceptors (Lipinski definition) is 6. The van der Waals surface area contributed by atoms with E-state index in [1.165, 1.54) is 12.1 Å². The van der Waals surface area contributed by atoms with E-state index in [-0.39, 0.29) is 22.3 Å². The summed E-state index contributed by atoms with van der Waals surface area (Å²) in [7, 11) is 0. The molecule has 25 heavy (non-hydrogen) atoms. The second-order valence-electron chi connectivity index (χ2n) is 6.44. The third-order valence-corrected chi connectivity index (χ3v) is 4.69. The molecule has 0 fully saturated rings. The fraction of sp³-hybridized carbons (Fsp3) is 0.158. The van der Waals surface area contributed by atoms with Gasteiger partial charge in [0, 0.05) is 5.41 Å². The zero-order valence-corrected chi connectivity index (χ0v) is 13.4. The minimum Gasteiger partial charge on any atom is -0.386 e. The molecule has 2 aliphatic heterocycles. The van der Waals surface area contributed by atoms with Crippen LogP contribution in [0.3, 0.4) is 0 Å². The minimum atomic E-state index is -0.843. The maximum atomic E-state index is 12.1. The van der Waals surface area contributed by atoms with Gasteiger partial charge < -0.3 is 9.47 Å². The molecule has 2 aromatic rings. The van der Waals surface area contributed by atoms with E-state index < -0.39 is 29.3 Å². The summed E-state index contributed by atoms with van der Waals surface area (Å²) in [6, 6.07) is 9.77. The van der Waals surface area contributed by atoms with Crippen LogP contribution >= 0.6 is 0 Å². The maximum absolute atomic E-state index is 12.1. The van der Waals surface area contributed by atoms with E-state index in [0.29, 0.717) is 11.1 Å². The van der Waals surface area contributed by atoms with Gasteiger partial charge in [0.15, 0.2) is 0 Å². The Morgan fingerprint density at radius 1 is 0.640 bits per heavy atom. The van der Waals surface area contributed by atoms with Gasteiger partial charge in [0.05, 0.1) is 22.3 Å². The van der Waals surface area contributed by atoms with Gasteiger partial charge in [0.1, 0.15) is 0 Å². The van der Waals surface area contributed by atoms with Crippen molar-refractivity contribution in [2.24, 2.45) is 0 Å². The highest BCUT2D eigenvalue weighted by Crippen LogP contribution is 2.40. The lowest BCUT2D eigenvalue weighted by molar-refractivity contribution is 0.0426. The van der Waals surface area contributed by atoms with Crippen LogP contribution in [0, 0.1) is 0 Å². The molecule has 2 aliphatic rings. The second kappa shape index (κ2) is 4.86. The first kappa shape index (κ1) is 15.3. The SMILES string of the molecule is CC(C)(c1cccc2c1C(=O)OC2=O)c1cccc2c1C(=O)OC2=O. The lowest BCUT2D eigenvalue weighted by Crippen LogP contribution is -2.25. The normalized spacial score (nSPS) is 15.8. The third-order valence-electron chi connectivity index (χ3n) is 4.69. The van der Waals surface area contributed by atoms with Crippen molar-refractivity contribution in [3.05, 3.63) is 69.8 Å². The quantitative estimate of drug-likeness (QED) is 0.619. The summed E-state index contributed by atoms with van der Waals surface area (Å²) in [6.07, 6.45) is 0. The van der Waals surface area contributed by atoms with E-state index in [9.17, 15) is 19.2 Å². The molecule has 0 bridgehead atoms. The number of ether oxygens (including phenoxy) is 2. The molecule has 4 rings (SSSR count). The predicted molar refractivity (Wildman–Crippen MR) is 84.5 cm³/mol. The Kier molecular flexibility index (Phi) is 2.97. The van der Waals surface area contributed by atoms with Crippen LogP contribution in [0.4, 0.5) is 0 Å². The van der Waals surface area contributed by atoms with Crippen molar-refractivity contribution in [2.75, 3.05) is 0 Å². The van der Waals surface area contributed by atoms with Crippen molar-refractivity contribution in [2.45, 2.75) is 19.3 Å². The minimum absolute atomic E-state index is 0.188. The number of hydrogen-bond donors (Lipinski definition) is 0. The molecule has 2 aromatic carbocycles. The topological polar surface area (TPSA) is 86.7 Å². The number of rotatable bonds is 2. The Labute approximate surface area is 142 Å². The highest BCUT2D eigenvalue weighted by Gasteiger charge is 2.41. The second-order valence-corrected chi connectivity index (χ2v) is 6.44. The molecule has 6 heteroatoms. The van der Waals surface area contributed by atoms with Crippen LogP contribution in [-0.4, -0.2) is 23.9 Å². The number of esters is 4. The number of cyclic esters (lactones) is 4. The average Bonchev–Trinajstić information content (AvgIpc) is 3.04. The summed E-state index contributed by atoms with van der Waals surface area (Å²) in [6.45, 7) is 3.62. The van der Waals surface area contributed by atoms with Gasteiger partial charge in [-0.25, -0.2) is 19.2 Å². The van der Waals surface area contributed by atoms with Gasteiger partial charge in [-0.05, 0) is 23.3 Å². The van der Waals surface area contributed by atoms with Crippen LogP contribution in [0.15, 0.2) is 36.4 Å². The molecule has 0 aliphatic carbocycles. The van der Waals surface area contributed by atoms with Crippen LogP contribution < -0.4 is 0 Å². The highest BCUT2D eigenvalue weighted by molar-refractivity contribution is 6.17. The zero-order valence-electron chi connectivity index (χ0n) is 13.4. The Bertz CT molecular complexity index is 919. The summed E-state index contributed by atoms with van der Waals surface area (Å²) in [4.78, 5) is 47.9. The summed E-state index contributed by atoms with van der Waals surface area (Å²) < 4.78 is 9.42. The number of fused-ring (bicyclic) bond motifs is 2. The lowest BCUT2D eigenvalue weighted by atomic mass is 9.73. The van der Waals surface area contributed by atoms with E-state index in [0.717, 1.165) is 0 Å². The smallest absolute Gasteiger partial charge is 0.347 e. The molecule has 0 atom stereocenters. The molecule has 0 saturated carbocycles. The Morgan fingerprint density at radius 3 is 1.44 bits per heavy atom. The van der Waals surface area contributed by atoms with Gasteiger partial charge in [-0.15, -0.1) is 0 Å². The Balaban J connectivity index is 1.98. The van der Waals surface area contributed by atoms with Crippen LogP contribution in [0.1, 0.15) is 66.4 Å². The zero-order chi connectivity index (χ0) is 17.9. The van der Waals surface area contributed by atoms with Gasteiger partial charge >= 0.3 is 23.9 Å². The first-order valence-corrected chi connectivity index (χ1v) is 7.62. The van der Waals surface area contributed by atoms with Crippen molar-refractivity contribution >= 4 is 23.9 Å². The van der Waals surface area contributed by atoms with Crippen molar-refractivity contribution < 1.29 is 28.7 Å². The first-order valence-electron chi connectivity index (χ1n) is 7.62. The van der Waals surface area contributed by atoms with Crippen molar-refractivity contribution in [1.29, 1.82) is 0 Å². The third kappa shape index (κ3) is 1.97. The van der Waals surface area contributed by atoms with Gasteiger partial charge in [-0.1, -0.05) is 38.1 Å². The van der Waals surface area contributed by atoms with E-state index in [1.807, 2.05) is 13.8 Å². The summed E-state index contributed by atoms with van der Waals surface area (Å²) in [5.41, 5.74) is 1.01. The standard InChI is InChI=1S/C19H12O6/c1-19(2,11-7-3-5-9-13(11)17(22)24-15(9)20)12-8-4-6-10-14(12)18(23)25-16(10)21/h3-8H,1-2H3. The van der Waals surface area contributed by atoms with Crippen LogP contribution in [0.2, 0.25) is 0 Å². The lowest BCUT2D eigenvalue weighted by Gasteiger charge is -2.28. The molecule has 0 aromatic heterocycles. The maximum Gasteiger partial charge on any atom is 0.347 e. The predicted octanol–water partition coefficient (Wildman–Crippen LogP) is 2.63. The molecule has 0 unspecified atom stereocenters. The molecule has 6 nitrogen and oxygen atoms in total. The van der Waals surface area contributed by atoms with Gasteiger partial charge in [-0.2, -0.15) is 0 Å². The van der Waals surface area contributed by atoms with Gasteiger partial charge in [0.2, 0.25) is 0 Å². The van der Waals surface area contributed by atoms with Crippen molar-refractivity contribution in [3.63, 3.8) is 0 Å². The van der Waals surface area contributed by atoms with Gasteiger partial charge in [-0.3, -0.25) is 0 Å². The molecule has 0 amide bonds. The van der Waals surface area contributed by atoms with E-state index in [1.54, 1.807) is 24.3 Å². The number of carbonyl (C=O) groups is 4. The fourth-order valence-electron chi connectivity index (χ4n) is 3.45. The summed E-state index contributed by atoms with van der Waals surface area (Å²) in [5, 5.41) is 0. The van der Waals surface area contributed by atoms with E-state index in [4.69, 9.17) is 9.47 Å². The average molecular weight is 336 g/mol. The molecule has 2 heterocycles. The molecule has 0 N–H and O–H groups in total. The molecule has 0 spiro atoms. The largest absolute Gasteiger partial charge is 0.386 e. The molecule has 0 radical (unpaired) electrons. The summed E-state index contributed by atoms with van der Waals surface area (Å²) >= 11 is 0. The Morgan fingerprint density at radius 2 is 1.04 bits per heavy atom. The van der Waals surface area contributed by atoms with Crippen LogP contribution in [0.5, 0.6) is 0 Å². The molecule has 0 saturated heterocycles. The Hall–Kier alpha value is -3.28. The van der Waals surface area contributed by atoms with Crippen LogP contribution in [0.25, 0.3) is 0 Å². The van der Waals surface area contributed by atoms with Gasteiger partial charge in [0.25, 0.3) is 0 Å². The number of benzene rings is 2. The molecular formula is C19H12O6. The fourth-order valence-corrected chi connectivity index (χ4v) is 3.45. The highest BCUT2D eigenvalue weighted by atomic mass is 16.6. The van der Waals surface area contributed by atoms with E-state index >= 15 is 0 Å². The van der Waals surface area contributed by atoms with Crippen molar-refractivity contribution in [1.82, 2.24) is 0 Å². The summed E-state index contributed by atoms with van der Waals surface area (Å²) in [5.74, 6) is -2.80. The van der Waals surface area contributed by atoms with Crippen LogP contribution in [-0.2, 0) is 14.9 Å². The number of carbonyl (C=O) groups excluding carboxylic acids is 4. The molecule has 124 valence electrons. The molecular weight excluding hydrogens is 324 g/mol. The monoisotopic (exact) mass is 336 g/mol. The first-order chi connectivity index (χ1) is 11.8.